The summed E-state index contributed by atoms with van der Waals surface area (Å²) in [5.41, 5.74) is 0.192. The minimum Gasteiger partial charge on any atom is -0.491 e. The van der Waals surface area contributed by atoms with Crippen molar-refractivity contribution in [3.8, 4) is 5.75 Å². The third-order valence-electron chi connectivity index (χ3n) is 4.03. The average molecular weight is 412 g/mol. The van der Waals surface area contributed by atoms with Crippen molar-refractivity contribution in [1.29, 1.82) is 0 Å². The molecule has 2 N–H and O–H groups in total. The molecule has 0 aliphatic rings. The molecule has 1 heterocycles. The first kappa shape index (κ1) is 22.6. The molecule has 160 valence electrons. The Morgan fingerprint density at radius 2 is 1.83 bits per heavy atom. The van der Waals surface area contributed by atoms with E-state index in [1.807, 2.05) is 19.9 Å². The molecule has 29 heavy (non-hydrogen) atoms. The number of guanidine groups is 1. The van der Waals surface area contributed by atoms with Crippen LogP contribution in [-0.2, 0) is 19.3 Å². The zero-order valence-corrected chi connectivity index (χ0v) is 17.2. The first-order valence-corrected chi connectivity index (χ1v) is 9.37. The SMILES string of the molecule is CN=C(NCc1cc(C(C)C)no1)NCc1ccc(OC(C)C)cc1C(F)(F)F. The summed E-state index contributed by atoms with van der Waals surface area (Å²) >= 11 is 0. The van der Waals surface area contributed by atoms with E-state index in [1.165, 1.54) is 12.1 Å². The molecular weight excluding hydrogens is 385 g/mol. The van der Waals surface area contributed by atoms with E-state index in [9.17, 15) is 13.2 Å². The molecule has 0 fully saturated rings. The van der Waals surface area contributed by atoms with Crippen LogP contribution >= 0.6 is 0 Å². The summed E-state index contributed by atoms with van der Waals surface area (Å²) in [6.07, 6.45) is -4.70. The highest BCUT2D eigenvalue weighted by atomic mass is 19.4. The third kappa shape index (κ3) is 6.69. The fourth-order valence-corrected chi connectivity index (χ4v) is 2.57. The molecule has 0 unspecified atom stereocenters. The van der Waals surface area contributed by atoms with Crippen LogP contribution in [0.5, 0.6) is 5.75 Å². The minimum atomic E-state index is -4.49. The second-order valence-corrected chi connectivity index (χ2v) is 7.14. The highest BCUT2D eigenvalue weighted by Crippen LogP contribution is 2.34. The van der Waals surface area contributed by atoms with Gasteiger partial charge in [0.25, 0.3) is 0 Å². The molecule has 2 aromatic rings. The number of rotatable bonds is 7. The molecule has 0 saturated heterocycles. The van der Waals surface area contributed by atoms with Gasteiger partial charge < -0.3 is 19.9 Å². The van der Waals surface area contributed by atoms with Crippen molar-refractivity contribution in [1.82, 2.24) is 15.8 Å². The molecule has 1 aromatic heterocycles. The summed E-state index contributed by atoms with van der Waals surface area (Å²) in [5.74, 6) is 1.39. The normalized spacial score (nSPS) is 12.6. The third-order valence-corrected chi connectivity index (χ3v) is 4.03. The minimum absolute atomic E-state index is 0.0515. The van der Waals surface area contributed by atoms with Crippen LogP contribution in [0.15, 0.2) is 33.8 Å². The first-order valence-electron chi connectivity index (χ1n) is 9.37. The monoisotopic (exact) mass is 412 g/mol. The Morgan fingerprint density at radius 1 is 1.14 bits per heavy atom. The Kier molecular flexibility index (Phi) is 7.53. The molecule has 0 amide bonds. The van der Waals surface area contributed by atoms with Crippen LogP contribution in [0.4, 0.5) is 13.2 Å². The van der Waals surface area contributed by atoms with Crippen molar-refractivity contribution in [2.45, 2.75) is 59.0 Å². The molecule has 0 radical (unpaired) electrons. The maximum absolute atomic E-state index is 13.5. The zero-order valence-electron chi connectivity index (χ0n) is 17.2. The van der Waals surface area contributed by atoms with Gasteiger partial charge in [0.15, 0.2) is 11.7 Å². The van der Waals surface area contributed by atoms with E-state index >= 15 is 0 Å². The van der Waals surface area contributed by atoms with E-state index in [4.69, 9.17) is 9.26 Å². The Labute approximate surface area is 168 Å². The van der Waals surface area contributed by atoms with Gasteiger partial charge in [-0.2, -0.15) is 13.2 Å². The van der Waals surface area contributed by atoms with Crippen molar-refractivity contribution in [2.24, 2.45) is 4.99 Å². The van der Waals surface area contributed by atoms with Crippen molar-refractivity contribution < 1.29 is 22.4 Å². The van der Waals surface area contributed by atoms with E-state index in [2.05, 4.69) is 20.8 Å². The lowest BCUT2D eigenvalue weighted by Crippen LogP contribution is -2.36. The van der Waals surface area contributed by atoms with Gasteiger partial charge in [0.1, 0.15) is 5.75 Å². The van der Waals surface area contributed by atoms with Crippen molar-refractivity contribution in [3.63, 3.8) is 0 Å². The number of ether oxygens (including phenoxy) is 1. The average Bonchev–Trinajstić information content (AvgIpc) is 3.10. The molecule has 0 saturated carbocycles. The quantitative estimate of drug-likeness (QED) is 0.519. The van der Waals surface area contributed by atoms with Crippen LogP contribution in [0.25, 0.3) is 0 Å². The lowest BCUT2D eigenvalue weighted by molar-refractivity contribution is -0.138. The van der Waals surface area contributed by atoms with Crippen molar-refractivity contribution in [2.75, 3.05) is 7.05 Å². The van der Waals surface area contributed by atoms with Crippen LogP contribution in [0.2, 0.25) is 0 Å². The summed E-state index contributed by atoms with van der Waals surface area (Å²) in [4.78, 5) is 4.04. The van der Waals surface area contributed by atoms with Gasteiger partial charge in [0, 0.05) is 19.7 Å². The van der Waals surface area contributed by atoms with Crippen molar-refractivity contribution >= 4 is 5.96 Å². The van der Waals surface area contributed by atoms with Gasteiger partial charge in [-0.3, -0.25) is 4.99 Å². The predicted molar refractivity (Wildman–Crippen MR) is 105 cm³/mol. The number of nitrogens with zero attached hydrogens (tertiary/aromatic N) is 2. The molecule has 0 aliphatic carbocycles. The summed E-state index contributed by atoms with van der Waals surface area (Å²) in [6.45, 7) is 7.79. The molecule has 0 bridgehead atoms. The van der Waals surface area contributed by atoms with Crippen LogP contribution in [-0.4, -0.2) is 24.3 Å². The second kappa shape index (κ2) is 9.67. The fraction of sp³-hybridized carbons (Fsp3) is 0.500. The predicted octanol–water partition coefficient (Wildman–Crippen LogP) is 4.47. The smallest absolute Gasteiger partial charge is 0.416 e. The molecule has 9 heteroatoms. The van der Waals surface area contributed by atoms with Gasteiger partial charge in [-0.15, -0.1) is 0 Å². The van der Waals surface area contributed by atoms with Gasteiger partial charge in [0.2, 0.25) is 0 Å². The number of hydrogen-bond acceptors (Lipinski definition) is 4. The van der Waals surface area contributed by atoms with Crippen LogP contribution in [0.1, 0.15) is 56.2 Å². The molecule has 0 atom stereocenters. The lowest BCUT2D eigenvalue weighted by Gasteiger charge is -2.18. The van der Waals surface area contributed by atoms with Gasteiger partial charge in [-0.25, -0.2) is 0 Å². The first-order chi connectivity index (χ1) is 13.6. The Hall–Kier alpha value is -2.71. The number of halogens is 3. The van der Waals surface area contributed by atoms with E-state index < -0.39 is 11.7 Å². The number of hydrogen-bond donors (Lipinski definition) is 2. The highest BCUT2D eigenvalue weighted by Gasteiger charge is 2.33. The standard InChI is InChI=1S/C20H27F3N4O2/c1-12(2)18-9-16(29-27-18)11-26-19(24-5)25-10-14-6-7-15(28-13(3)4)8-17(14)20(21,22)23/h6-9,12-13H,10-11H2,1-5H3,(H2,24,25,26). The second-order valence-electron chi connectivity index (χ2n) is 7.14. The molecule has 6 nitrogen and oxygen atoms in total. The van der Waals surface area contributed by atoms with E-state index in [-0.39, 0.29) is 29.9 Å². The molecular formula is C20H27F3N4O2. The molecule has 0 aliphatic heterocycles. The van der Waals surface area contributed by atoms with Crippen LogP contribution in [0.3, 0.4) is 0 Å². The number of aliphatic imine (C=N–C) groups is 1. The number of aromatic nitrogens is 1. The topological polar surface area (TPSA) is 71.7 Å². The lowest BCUT2D eigenvalue weighted by atomic mass is 10.1. The van der Waals surface area contributed by atoms with Gasteiger partial charge in [0.05, 0.1) is 23.9 Å². The largest absolute Gasteiger partial charge is 0.491 e. The van der Waals surface area contributed by atoms with Gasteiger partial charge in [-0.1, -0.05) is 25.1 Å². The molecule has 0 spiro atoms. The van der Waals surface area contributed by atoms with Gasteiger partial charge in [-0.05, 0) is 37.5 Å². The molecule has 2 rings (SSSR count). The van der Waals surface area contributed by atoms with Gasteiger partial charge >= 0.3 is 6.18 Å². The fourth-order valence-electron chi connectivity index (χ4n) is 2.57. The number of alkyl halides is 3. The van der Waals surface area contributed by atoms with Crippen LogP contribution in [0, 0.1) is 0 Å². The Balaban J connectivity index is 2.04. The van der Waals surface area contributed by atoms with Crippen molar-refractivity contribution in [3.05, 3.63) is 46.8 Å². The summed E-state index contributed by atoms with van der Waals surface area (Å²) < 4.78 is 51.0. The number of nitrogens with one attached hydrogen (secondary N) is 2. The summed E-state index contributed by atoms with van der Waals surface area (Å²) in [5, 5.41) is 9.87. The van der Waals surface area contributed by atoms with E-state index in [0.717, 1.165) is 11.8 Å². The summed E-state index contributed by atoms with van der Waals surface area (Å²) in [7, 11) is 1.54. The maximum atomic E-state index is 13.5. The molecule has 1 aromatic carbocycles. The maximum Gasteiger partial charge on any atom is 0.416 e. The van der Waals surface area contributed by atoms with E-state index in [1.54, 1.807) is 20.9 Å². The zero-order chi connectivity index (χ0) is 21.6. The van der Waals surface area contributed by atoms with E-state index in [0.29, 0.717) is 18.3 Å². The summed E-state index contributed by atoms with van der Waals surface area (Å²) in [6, 6.07) is 5.80. The highest BCUT2D eigenvalue weighted by molar-refractivity contribution is 5.79. The van der Waals surface area contributed by atoms with Crippen LogP contribution < -0.4 is 15.4 Å². The Morgan fingerprint density at radius 3 is 2.38 bits per heavy atom. The Bertz CT molecular complexity index is 829. The number of benzene rings is 1.